The van der Waals surface area contributed by atoms with E-state index in [0.29, 0.717) is 38.6 Å². The van der Waals surface area contributed by atoms with Gasteiger partial charge in [-0.15, -0.1) is 6.58 Å². The van der Waals surface area contributed by atoms with Crippen molar-refractivity contribution in [3.8, 4) is 0 Å². The Kier molecular flexibility index (Phi) is 8.52. The Bertz CT molecular complexity index is 1310. The van der Waals surface area contributed by atoms with Crippen LogP contribution in [0.4, 0.5) is 5.69 Å². The maximum Gasteiger partial charge on any atom is 0.312 e. The highest BCUT2D eigenvalue weighted by molar-refractivity contribution is 6.05. The number of fused-ring (bicyclic) bond motifs is 2. The van der Waals surface area contributed by atoms with Gasteiger partial charge in [-0.05, 0) is 61.9 Å². The number of hydrogen-bond donors (Lipinski definition) is 1. The van der Waals surface area contributed by atoms with Gasteiger partial charge in [0.25, 0.3) is 5.91 Å². The summed E-state index contributed by atoms with van der Waals surface area (Å²) in [5.41, 5.74) is -1.18. The van der Waals surface area contributed by atoms with Gasteiger partial charge in [-0.2, -0.15) is 0 Å². The zero-order chi connectivity index (χ0) is 29.2. The fraction of sp³-hybridized carbons (Fsp3) is 0.545. The third kappa shape index (κ3) is 4.85. The van der Waals surface area contributed by atoms with Gasteiger partial charge in [0.15, 0.2) is 0 Å². The highest BCUT2D eigenvalue weighted by Crippen LogP contribution is 2.64. The zero-order valence-electron chi connectivity index (χ0n) is 24.2. The van der Waals surface area contributed by atoms with Crippen LogP contribution in [0.3, 0.4) is 0 Å². The summed E-state index contributed by atoms with van der Waals surface area (Å²) in [6.07, 6.45) is 6.44. The molecule has 0 aliphatic carbocycles. The highest BCUT2D eigenvalue weighted by Gasteiger charge is 2.79. The number of ether oxygens (including phenoxy) is 2. The van der Waals surface area contributed by atoms with Crippen molar-refractivity contribution >= 4 is 34.2 Å². The maximum absolute atomic E-state index is 14.7. The van der Waals surface area contributed by atoms with Gasteiger partial charge in [0.1, 0.15) is 17.6 Å². The molecule has 0 radical (unpaired) electrons. The first-order valence-electron chi connectivity index (χ1n) is 15.1. The van der Waals surface area contributed by atoms with Gasteiger partial charge in [-0.1, -0.05) is 56.2 Å². The lowest BCUT2D eigenvalue weighted by atomic mass is 9.65. The number of unbranched alkanes of at least 4 members (excludes halogenated alkanes) is 3. The third-order valence-corrected chi connectivity index (χ3v) is 9.38. The first kappa shape index (κ1) is 29.3. The maximum atomic E-state index is 14.7. The van der Waals surface area contributed by atoms with Crippen molar-refractivity contribution < 1.29 is 29.0 Å². The first-order chi connectivity index (χ1) is 19.9. The van der Waals surface area contributed by atoms with Crippen LogP contribution in [0.25, 0.3) is 10.8 Å². The standard InChI is InChI=1S/C33H42N2O6/c1-4-19-34(25-16-15-23-13-9-10-14-24(23)22-25)30(38)28-33-18-17-32(5-2,41-33)27(31(39)40-6-3)26(33)29(37)35(28)20-11-7-8-12-21-36/h4,9-10,13-16,22,26-28,36H,1,5-8,11-12,17-21H2,2-3H3/t26-,27-,28?,32+,33?/m0/s1. The van der Waals surface area contributed by atoms with Crippen molar-refractivity contribution in [3.05, 3.63) is 55.1 Å². The van der Waals surface area contributed by atoms with E-state index in [1.807, 2.05) is 49.4 Å². The van der Waals surface area contributed by atoms with E-state index in [9.17, 15) is 19.5 Å². The number of rotatable bonds is 13. The molecule has 3 fully saturated rings. The van der Waals surface area contributed by atoms with Crippen molar-refractivity contribution in [3.63, 3.8) is 0 Å². The van der Waals surface area contributed by atoms with Gasteiger partial charge in [-0.3, -0.25) is 14.4 Å². The van der Waals surface area contributed by atoms with E-state index in [2.05, 4.69) is 6.58 Å². The third-order valence-electron chi connectivity index (χ3n) is 9.38. The molecule has 5 rings (SSSR count). The molecule has 0 aromatic heterocycles. The predicted octanol–water partition coefficient (Wildman–Crippen LogP) is 4.63. The van der Waals surface area contributed by atoms with E-state index in [1.165, 1.54) is 0 Å². The van der Waals surface area contributed by atoms with E-state index in [0.717, 1.165) is 29.3 Å². The second kappa shape index (κ2) is 11.9. The number of nitrogens with zero attached hydrogens (tertiary/aromatic N) is 2. The lowest BCUT2D eigenvalue weighted by molar-refractivity contribution is -0.160. The molecule has 2 aromatic carbocycles. The normalized spacial score (nSPS) is 28.2. The molecular weight excluding hydrogens is 520 g/mol. The van der Waals surface area contributed by atoms with Crippen molar-refractivity contribution in [2.45, 2.75) is 76.0 Å². The number of hydrogen-bond acceptors (Lipinski definition) is 6. The van der Waals surface area contributed by atoms with Crippen LogP contribution in [-0.2, 0) is 23.9 Å². The van der Waals surface area contributed by atoms with Gasteiger partial charge in [0, 0.05) is 25.4 Å². The van der Waals surface area contributed by atoms with Gasteiger partial charge < -0.3 is 24.4 Å². The summed E-state index contributed by atoms with van der Waals surface area (Å²) in [4.78, 5) is 45.8. The number of aliphatic hydroxyl groups is 1. The minimum atomic E-state index is -1.09. The average Bonchev–Trinajstić information content (AvgIpc) is 3.59. The molecule has 3 heterocycles. The molecule has 2 aromatic rings. The van der Waals surface area contributed by atoms with Crippen LogP contribution in [0.15, 0.2) is 55.1 Å². The molecule has 3 aliphatic rings. The van der Waals surface area contributed by atoms with E-state index in [1.54, 1.807) is 22.8 Å². The molecule has 1 N–H and O–H groups in total. The van der Waals surface area contributed by atoms with Crippen LogP contribution in [0.2, 0.25) is 0 Å². The number of likely N-dealkylation sites (tertiary alicyclic amines) is 1. The molecule has 41 heavy (non-hydrogen) atoms. The molecular formula is C33H42N2O6. The molecule has 2 bridgehead atoms. The fourth-order valence-electron chi connectivity index (χ4n) is 7.52. The van der Waals surface area contributed by atoms with E-state index < -0.39 is 35.0 Å². The second-order valence-corrected chi connectivity index (χ2v) is 11.5. The minimum Gasteiger partial charge on any atom is -0.466 e. The number of carbonyl (C=O) groups is 3. The second-order valence-electron chi connectivity index (χ2n) is 11.5. The first-order valence-corrected chi connectivity index (χ1v) is 15.1. The quantitative estimate of drug-likeness (QED) is 0.217. The monoisotopic (exact) mass is 562 g/mol. The van der Waals surface area contributed by atoms with E-state index in [-0.39, 0.29) is 31.6 Å². The van der Waals surface area contributed by atoms with Crippen molar-refractivity contribution in [2.75, 3.05) is 31.2 Å². The molecule has 2 unspecified atom stereocenters. The van der Waals surface area contributed by atoms with Crippen LogP contribution >= 0.6 is 0 Å². The van der Waals surface area contributed by atoms with E-state index in [4.69, 9.17) is 9.47 Å². The van der Waals surface area contributed by atoms with Crippen molar-refractivity contribution in [2.24, 2.45) is 11.8 Å². The molecule has 0 saturated carbocycles. The Balaban J connectivity index is 1.55. The topological polar surface area (TPSA) is 96.4 Å². The zero-order valence-corrected chi connectivity index (χ0v) is 24.2. The number of esters is 1. The van der Waals surface area contributed by atoms with Crippen LogP contribution < -0.4 is 4.90 Å². The minimum absolute atomic E-state index is 0.130. The Morgan fingerprint density at radius 1 is 1.12 bits per heavy atom. The van der Waals surface area contributed by atoms with Crippen LogP contribution in [0, 0.1) is 11.8 Å². The molecule has 3 aliphatic heterocycles. The number of anilines is 1. The Morgan fingerprint density at radius 3 is 2.59 bits per heavy atom. The van der Waals surface area contributed by atoms with Gasteiger partial charge in [-0.25, -0.2) is 0 Å². The molecule has 1 spiro atoms. The molecule has 8 heteroatoms. The summed E-state index contributed by atoms with van der Waals surface area (Å²) in [6.45, 7) is 8.66. The Morgan fingerprint density at radius 2 is 1.88 bits per heavy atom. The molecule has 8 nitrogen and oxygen atoms in total. The van der Waals surface area contributed by atoms with Crippen LogP contribution in [-0.4, -0.2) is 71.3 Å². The van der Waals surface area contributed by atoms with Crippen molar-refractivity contribution in [1.29, 1.82) is 0 Å². The number of aliphatic hydroxyl groups excluding tert-OH is 1. The number of carbonyl (C=O) groups excluding carboxylic acids is 3. The molecule has 3 saturated heterocycles. The van der Waals surface area contributed by atoms with Gasteiger partial charge in [0.05, 0.1) is 18.1 Å². The summed E-state index contributed by atoms with van der Waals surface area (Å²) in [6, 6.07) is 13.0. The Hall–Kier alpha value is -3.23. The van der Waals surface area contributed by atoms with Crippen LogP contribution in [0.5, 0.6) is 0 Å². The SMILES string of the molecule is C=CCN(C(=O)C1N(CCCCCCO)C(=O)[C@@H]2[C@@H](C(=O)OCC)[C@@]3(CC)CCC12O3)c1ccc2ccccc2c1. The van der Waals surface area contributed by atoms with Crippen LogP contribution in [0.1, 0.15) is 58.8 Å². The average molecular weight is 563 g/mol. The summed E-state index contributed by atoms with van der Waals surface area (Å²) in [5.74, 6) is -2.33. The number of benzene rings is 2. The van der Waals surface area contributed by atoms with Gasteiger partial charge in [0.2, 0.25) is 5.91 Å². The summed E-state index contributed by atoms with van der Waals surface area (Å²) in [7, 11) is 0. The molecule has 2 amide bonds. The highest BCUT2D eigenvalue weighted by atomic mass is 16.6. The largest absolute Gasteiger partial charge is 0.466 e. The van der Waals surface area contributed by atoms with Crippen molar-refractivity contribution in [1.82, 2.24) is 4.90 Å². The molecule has 220 valence electrons. The van der Waals surface area contributed by atoms with E-state index >= 15 is 0 Å². The lowest BCUT2D eigenvalue weighted by Crippen LogP contribution is -2.56. The molecule has 5 atom stereocenters. The fourth-order valence-corrected chi connectivity index (χ4v) is 7.52. The van der Waals surface area contributed by atoms with Gasteiger partial charge >= 0.3 is 5.97 Å². The summed E-state index contributed by atoms with van der Waals surface area (Å²) < 4.78 is 12.3. The predicted molar refractivity (Wildman–Crippen MR) is 157 cm³/mol. The Labute approximate surface area is 242 Å². The lowest BCUT2D eigenvalue weighted by Gasteiger charge is -2.37. The smallest absolute Gasteiger partial charge is 0.312 e. The summed E-state index contributed by atoms with van der Waals surface area (Å²) >= 11 is 0. The number of amides is 2. The summed E-state index contributed by atoms with van der Waals surface area (Å²) in [5, 5.41) is 11.3.